The molecular weight excluding hydrogens is 340 g/mol. The molecule has 27 heavy (non-hydrogen) atoms. The predicted octanol–water partition coefficient (Wildman–Crippen LogP) is 2.60. The summed E-state index contributed by atoms with van der Waals surface area (Å²) in [6.07, 6.45) is 4.11. The summed E-state index contributed by atoms with van der Waals surface area (Å²) in [4.78, 5) is 18.5. The number of hydrogen-bond donors (Lipinski definition) is 0. The molecule has 7 heteroatoms. The van der Waals surface area contributed by atoms with Gasteiger partial charge in [-0.15, -0.1) is 0 Å². The molecule has 2 unspecified atom stereocenters. The van der Waals surface area contributed by atoms with Crippen LogP contribution in [0.25, 0.3) is 0 Å². The standard InChI is InChI=1S/C20H28N6O/c1-20(2,3)16-6-18(22-12-21-16)26-9-14-7-25(8-15(14)10-26)11-17-23-19(27-24-17)13-4-5-13/h6,12-15H,4-5,7-11H2,1-3H3. The maximum atomic E-state index is 5.40. The van der Waals surface area contributed by atoms with Crippen LogP contribution in [0.4, 0.5) is 5.82 Å². The van der Waals surface area contributed by atoms with Crippen LogP contribution in [-0.4, -0.2) is 51.2 Å². The van der Waals surface area contributed by atoms with E-state index in [1.807, 2.05) is 0 Å². The summed E-state index contributed by atoms with van der Waals surface area (Å²) in [5.74, 6) is 4.67. The molecule has 0 aromatic carbocycles. The predicted molar refractivity (Wildman–Crippen MR) is 101 cm³/mol. The Labute approximate surface area is 160 Å². The van der Waals surface area contributed by atoms with Crippen molar-refractivity contribution in [1.82, 2.24) is 25.0 Å². The van der Waals surface area contributed by atoms with Gasteiger partial charge in [-0.1, -0.05) is 25.9 Å². The molecule has 2 saturated heterocycles. The van der Waals surface area contributed by atoms with Gasteiger partial charge in [0.25, 0.3) is 0 Å². The van der Waals surface area contributed by atoms with Gasteiger partial charge in [0.15, 0.2) is 5.82 Å². The Morgan fingerprint density at radius 3 is 2.48 bits per heavy atom. The lowest BCUT2D eigenvalue weighted by Crippen LogP contribution is -2.29. The zero-order chi connectivity index (χ0) is 18.6. The Kier molecular flexibility index (Phi) is 3.96. The number of hydrogen-bond acceptors (Lipinski definition) is 7. The van der Waals surface area contributed by atoms with Gasteiger partial charge in [-0.05, 0) is 24.7 Å². The molecule has 0 N–H and O–H groups in total. The zero-order valence-corrected chi connectivity index (χ0v) is 16.4. The minimum absolute atomic E-state index is 0.0496. The third kappa shape index (κ3) is 3.45. The van der Waals surface area contributed by atoms with Gasteiger partial charge in [0, 0.05) is 43.6 Å². The van der Waals surface area contributed by atoms with Crippen molar-refractivity contribution < 1.29 is 4.52 Å². The molecule has 0 amide bonds. The van der Waals surface area contributed by atoms with E-state index in [1.165, 1.54) is 12.8 Å². The van der Waals surface area contributed by atoms with E-state index < -0.39 is 0 Å². The summed E-state index contributed by atoms with van der Waals surface area (Å²) >= 11 is 0. The fourth-order valence-electron chi connectivity index (χ4n) is 4.36. The molecule has 0 radical (unpaired) electrons. The maximum absolute atomic E-state index is 5.40. The normalized spacial score (nSPS) is 26.0. The molecule has 7 nitrogen and oxygen atoms in total. The van der Waals surface area contributed by atoms with E-state index in [0.717, 1.165) is 56.0 Å². The lowest BCUT2D eigenvalue weighted by molar-refractivity contribution is 0.291. The lowest BCUT2D eigenvalue weighted by atomic mass is 9.92. The Morgan fingerprint density at radius 1 is 1.07 bits per heavy atom. The number of nitrogens with zero attached hydrogens (tertiary/aromatic N) is 6. The third-order valence-corrected chi connectivity index (χ3v) is 6.08. The second kappa shape index (κ2) is 6.26. The maximum Gasteiger partial charge on any atom is 0.229 e. The van der Waals surface area contributed by atoms with Crippen molar-refractivity contribution >= 4 is 5.82 Å². The fourth-order valence-corrected chi connectivity index (χ4v) is 4.36. The molecule has 3 fully saturated rings. The van der Waals surface area contributed by atoms with Crippen LogP contribution in [0, 0.1) is 11.8 Å². The van der Waals surface area contributed by atoms with E-state index in [4.69, 9.17) is 4.52 Å². The van der Waals surface area contributed by atoms with Gasteiger partial charge < -0.3 is 9.42 Å². The van der Waals surface area contributed by atoms with E-state index in [1.54, 1.807) is 6.33 Å². The first-order chi connectivity index (χ1) is 13.0. The van der Waals surface area contributed by atoms with Gasteiger partial charge in [0.2, 0.25) is 5.89 Å². The summed E-state index contributed by atoms with van der Waals surface area (Å²) in [6, 6.07) is 2.16. The minimum Gasteiger partial charge on any atom is -0.356 e. The zero-order valence-electron chi connectivity index (χ0n) is 16.4. The van der Waals surface area contributed by atoms with Crippen molar-refractivity contribution in [3.8, 4) is 0 Å². The molecule has 4 heterocycles. The largest absolute Gasteiger partial charge is 0.356 e. The van der Waals surface area contributed by atoms with Crippen LogP contribution < -0.4 is 4.90 Å². The molecule has 2 aromatic heterocycles. The molecule has 0 bridgehead atoms. The molecular formula is C20H28N6O. The van der Waals surface area contributed by atoms with E-state index in [9.17, 15) is 0 Å². The topological polar surface area (TPSA) is 71.2 Å². The molecule has 1 aliphatic carbocycles. The van der Waals surface area contributed by atoms with E-state index >= 15 is 0 Å². The molecule has 2 aliphatic heterocycles. The van der Waals surface area contributed by atoms with Crippen molar-refractivity contribution in [2.24, 2.45) is 11.8 Å². The van der Waals surface area contributed by atoms with Crippen LogP contribution >= 0.6 is 0 Å². The van der Waals surface area contributed by atoms with Crippen molar-refractivity contribution in [3.05, 3.63) is 29.8 Å². The third-order valence-electron chi connectivity index (χ3n) is 6.08. The van der Waals surface area contributed by atoms with Crippen LogP contribution in [0.1, 0.15) is 56.9 Å². The highest BCUT2D eigenvalue weighted by Crippen LogP contribution is 2.39. The van der Waals surface area contributed by atoms with Gasteiger partial charge in [0.1, 0.15) is 12.1 Å². The average Bonchev–Trinajstić information content (AvgIpc) is 3.06. The molecule has 0 spiro atoms. The lowest BCUT2D eigenvalue weighted by Gasteiger charge is -2.23. The minimum atomic E-state index is 0.0496. The average molecular weight is 368 g/mol. The van der Waals surface area contributed by atoms with E-state index in [0.29, 0.717) is 17.8 Å². The van der Waals surface area contributed by atoms with Gasteiger partial charge in [-0.3, -0.25) is 4.90 Å². The van der Waals surface area contributed by atoms with E-state index in [2.05, 4.69) is 56.7 Å². The Morgan fingerprint density at radius 2 is 1.81 bits per heavy atom. The van der Waals surface area contributed by atoms with Crippen LogP contribution in [-0.2, 0) is 12.0 Å². The summed E-state index contributed by atoms with van der Waals surface area (Å²) < 4.78 is 5.40. The Balaban J connectivity index is 1.20. The highest BCUT2D eigenvalue weighted by atomic mass is 16.5. The second-order valence-corrected chi connectivity index (χ2v) is 9.45. The SMILES string of the molecule is CC(C)(C)c1cc(N2CC3CN(Cc4noc(C5CC5)n4)CC3C2)ncn1. The fraction of sp³-hybridized carbons (Fsp3) is 0.700. The first-order valence-electron chi connectivity index (χ1n) is 10.1. The van der Waals surface area contributed by atoms with Crippen LogP contribution in [0.5, 0.6) is 0 Å². The van der Waals surface area contributed by atoms with Gasteiger partial charge >= 0.3 is 0 Å². The Hall–Kier alpha value is -2.02. The van der Waals surface area contributed by atoms with E-state index in [-0.39, 0.29) is 5.41 Å². The molecule has 2 atom stereocenters. The molecule has 3 aliphatic rings. The molecule has 144 valence electrons. The van der Waals surface area contributed by atoms with Crippen LogP contribution in [0.2, 0.25) is 0 Å². The van der Waals surface area contributed by atoms with Crippen molar-refractivity contribution in [3.63, 3.8) is 0 Å². The number of aromatic nitrogens is 4. The highest BCUT2D eigenvalue weighted by molar-refractivity contribution is 5.42. The van der Waals surface area contributed by atoms with Crippen molar-refractivity contribution in [1.29, 1.82) is 0 Å². The monoisotopic (exact) mass is 368 g/mol. The summed E-state index contributed by atoms with van der Waals surface area (Å²) in [7, 11) is 0. The van der Waals surface area contributed by atoms with Crippen molar-refractivity contribution in [2.45, 2.75) is 51.5 Å². The molecule has 1 saturated carbocycles. The van der Waals surface area contributed by atoms with Gasteiger partial charge in [0.05, 0.1) is 12.2 Å². The second-order valence-electron chi connectivity index (χ2n) is 9.45. The van der Waals surface area contributed by atoms with Crippen LogP contribution in [0.3, 0.4) is 0 Å². The van der Waals surface area contributed by atoms with Crippen molar-refractivity contribution in [2.75, 3.05) is 31.1 Å². The molecule has 5 rings (SSSR count). The first kappa shape index (κ1) is 17.1. The van der Waals surface area contributed by atoms with Gasteiger partial charge in [-0.25, -0.2) is 9.97 Å². The number of rotatable bonds is 4. The summed E-state index contributed by atoms with van der Waals surface area (Å²) in [6.45, 7) is 11.7. The smallest absolute Gasteiger partial charge is 0.229 e. The first-order valence-corrected chi connectivity index (χ1v) is 10.1. The number of likely N-dealkylation sites (tertiary alicyclic amines) is 1. The Bertz CT molecular complexity index is 810. The number of anilines is 1. The van der Waals surface area contributed by atoms with Crippen LogP contribution in [0.15, 0.2) is 16.9 Å². The highest BCUT2D eigenvalue weighted by Gasteiger charge is 2.41. The van der Waals surface area contributed by atoms with Gasteiger partial charge in [-0.2, -0.15) is 4.98 Å². The number of fused-ring (bicyclic) bond motifs is 1. The quantitative estimate of drug-likeness (QED) is 0.821. The summed E-state index contributed by atoms with van der Waals surface area (Å²) in [5, 5.41) is 4.17. The summed E-state index contributed by atoms with van der Waals surface area (Å²) in [5.41, 5.74) is 1.16. The molecule has 2 aromatic rings.